The Morgan fingerprint density at radius 2 is 1.70 bits per heavy atom. The number of carbonyl (C=O) groups excluding carboxylic acids is 1. The fraction of sp³-hybridized carbons (Fsp3) is 0.381. The lowest BCUT2D eigenvalue weighted by Gasteiger charge is -2.30. The van der Waals surface area contributed by atoms with Gasteiger partial charge < -0.3 is 5.32 Å². The molecule has 0 aliphatic carbocycles. The highest BCUT2D eigenvalue weighted by Gasteiger charge is 2.34. The van der Waals surface area contributed by atoms with Gasteiger partial charge in [-0.25, -0.2) is 8.42 Å². The van der Waals surface area contributed by atoms with Gasteiger partial charge in [-0.1, -0.05) is 29.8 Å². The van der Waals surface area contributed by atoms with Crippen molar-refractivity contribution in [3.05, 3.63) is 64.7 Å². The second-order valence-electron chi connectivity index (χ2n) is 7.37. The van der Waals surface area contributed by atoms with Crippen molar-refractivity contribution >= 4 is 21.6 Å². The van der Waals surface area contributed by atoms with Crippen molar-refractivity contribution in [2.75, 3.05) is 10.6 Å². The van der Waals surface area contributed by atoms with Crippen LogP contribution in [0, 0.1) is 13.8 Å². The maximum Gasteiger partial charge on any atom is 0.416 e. The molecule has 1 N–H and O–H groups in total. The second kappa shape index (κ2) is 8.67. The van der Waals surface area contributed by atoms with Crippen LogP contribution in [0.3, 0.4) is 0 Å². The van der Waals surface area contributed by atoms with Crippen LogP contribution < -0.4 is 9.62 Å². The Hall–Kier alpha value is -2.55. The molecule has 9 heteroatoms. The van der Waals surface area contributed by atoms with Gasteiger partial charge in [0.05, 0.1) is 23.5 Å². The van der Waals surface area contributed by atoms with Crippen molar-refractivity contribution in [1.29, 1.82) is 0 Å². The first-order valence-electron chi connectivity index (χ1n) is 9.26. The average molecular weight is 443 g/mol. The summed E-state index contributed by atoms with van der Waals surface area (Å²) in [6.07, 6.45) is -3.78. The fourth-order valence-electron chi connectivity index (χ4n) is 3.35. The maximum absolute atomic E-state index is 13.1. The zero-order valence-corrected chi connectivity index (χ0v) is 18.2. The Kier molecular flexibility index (Phi) is 6.86. The number of carbonyl (C=O) groups is 1. The Morgan fingerprint density at radius 1 is 1.07 bits per heavy atom. The SMILES string of the molecule is Cc1ccc([C@H](C)NC(=O)[C@H](C)N(c2cccc(C(F)(F)F)c2)S(C)(=O)=O)c(C)c1. The molecule has 0 bridgehead atoms. The number of hydrogen-bond acceptors (Lipinski definition) is 3. The first-order chi connectivity index (χ1) is 13.7. The summed E-state index contributed by atoms with van der Waals surface area (Å²) in [5, 5.41) is 2.76. The number of aryl methyl sites for hydroxylation is 2. The molecule has 0 spiro atoms. The van der Waals surface area contributed by atoms with Gasteiger partial charge in [-0.15, -0.1) is 0 Å². The molecular weight excluding hydrogens is 417 g/mol. The van der Waals surface area contributed by atoms with E-state index >= 15 is 0 Å². The second-order valence-corrected chi connectivity index (χ2v) is 9.23. The van der Waals surface area contributed by atoms with Crippen LogP contribution in [0.25, 0.3) is 0 Å². The van der Waals surface area contributed by atoms with Crippen LogP contribution in [0.15, 0.2) is 42.5 Å². The van der Waals surface area contributed by atoms with Gasteiger partial charge >= 0.3 is 6.18 Å². The third-order valence-electron chi connectivity index (χ3n) is 4.77. The number of sulfonamides is 1. The fourth-order valence-corrected chi connectivity index (χ4v) is 4.52. The van der Waals surface area contributed by atoms with Crippen molar-refractivity contribution in [1.82, 2.24) is 5.32 Å². The van der Waals surface area contributed by atoms with Crippen molar-refractivity contribution in [2.45, 2.75) is 46.0 Å². The minimum absolute atomic E-state index is 0.228. The Labute approximate surface area is 175 Å². The van der Waals surface area contributed by atoms with Gasteiger partial charge in [-0.3, -0.25) is 9.10 Å². The van der Waals surface area contributed by atoms with Gasteiger partial charge in [0.1, 0.15) is 6.04 Å². The molecule has 5 nitrogen and oxygen atoms in total. The highest BCUT2D eigenvalue weighted by Crippen LogP contribution is 2.33. The van der Waals surface area contributed by atoms with E-state index in [1.807, 2.05) is 32.0 Å². The van der Waals surface area contributed by atoms with Crippen molar-refractivity contribution in [3.63, 3.8) is 0 Å². The van der Waals surface area contributed by atoms with Crippen LogP contribution >= 0.6 is 0 Å². The molecule has 1 amide bonds. The van der Waals surface area contributed by atoms with Gasteiger partial charge in [-0.2, -0.15) is 13.2 Å². The smallest absolute Gasteiger partial charge is 0.348 e. The molecular formula is C21H25F3N2O3S. The number of hydrogen-bond donors (Lipinski definition) is 1. The third kappa shape index (κ3) is 5.53. The molecule has 0 aliphatic rings. The molecule has 2 atom stereocenters. The number of benzene rings is 2. The molecule has 0 heterocycles. The lowest BCUT2D eigenvalue weighted by molar-refractivity contribution is -0.137. The van der Waals surface area contributed by atoms with E-state index in [2.05, 4.69) is 5.32 Å². The molecule has 0 unspecified atom stereocenters. The highest BCUT2D eigenvalue weighted by atomic mass is 32.2. The number of rotatable bonds is 6. The normalized spacial score (nSPS) is 14.1. The molecule has 0 aliphatic heterocycles. The van der Waals surface area contributed by atoms with E-state index < -0.39 is 39.8 Å². The van der Waals surface area contributed by atoms with Crippen LogP contribution in [0.4, 0.5) is 18.9 Å². The Bertz CT molecular complexity index is 1040. The standard InChI is InChI=1S/C21H25F3N2O3S/c1-13-9-10-19(14(2)11-13)15(3)25-20(27)16(4)26(30(5,28)29)18-8-6-7-17(12-18)21(22,23)24/h6-12,15-16H,1-5H3,(H,25,27)/t15-,16-/m0/s1. The van der Waals surface area contributed by atoms with E-state index in [0.29, 0.717) is 4.31 Å². The zero-order valence-electron chi connectivity index (χ0n) is 17.4. The summed E-state index contributed by atoms with van der Waals surface area (Å²) in [4.78, 5) is 12.8. The molecule has 0 fully saturated rings. The summed E-state index contributed by atoms with van der Waals surface area (Å²) in [6.45, 7) is 6.95. The number of anilines is 1. The topological polar surface area (TPSA) is 66.5 Å². The average Bonchev–Trinajstić information content (AvgIpc) is 2.59. The van der Waals surface area contributed by atoms with Crippen LogP contribution in [-0.4, -0.2) is 26.6 Å². The van der Waals surface area contributed by atoms with Gasteiger partial charge in [-0.05, 0) is 57.0 Å². The first kappa shape index (κ1) is 23.7. The largest absolute Gasteiger partial charge is 0.416 e. The first-order valence-corrected chi connectivity index (χ1v) is 11.1. The quantitative estimate of drug-likeness (QED) is 0.723. The molecule has 0 saturated heterocycles. The summed E-state index contributed by atoms with van der Waals surface area (Å²) in [7, 11) is -4.03. The predicted molar refractivity (Wildman–Crippen MR) is 111 cm³/mol. The van der Waals surface area contributed by atoms with Crippen molar-refractivity contribution in [2.24, 2.45) is 0 Å². The Balaban J connectivity index is 2.34. The summed E-state index contributed by atoms with van der Waals surface area (Å²) in [5.41, 5.74) is 1.68. The van der Waals surface area contributed by atoms with E-state index in [1.54, 1.807) is 6.92 Å². The maximum atomic E-state index is 13.1. The lowest BCUT2D eigenvalue weighted by atomic mass is 10.00. The minimum atomic E-state index is -4.64. The zero-order chi connectivity index (χ0) is 22.9. The Morgan fingerprint density at radius 3 is 2.23 bits per heavy atom. The predicted octanol–water partition coefficient (Wildman–Crippen LogP) is 4.35. The van der Waals surface area contributed by atoms with E-state index in [0.717, 1.165) is 41.1 Å². The van der Waals surface area contributed by atoms with Crippen LogP contribution in [-0.2, 0) is 21.0 Å². The summed E-state index contributed by atoms with van der Waals surface area (Å²) in [6, 6.07) is 7.98. The molecule has 0 aromatic heterocycles. The van der Waals surface area contributed by atoms with Crippen molar-refractivity contribution in [3.8, 4) is 0 Å². The highest BCUT2D eigenvalue weighted by molar-refractivity contribution is 7.92. The van der Waals surface area contributed by atoms with E-state index in [4.69, 9.17) is 0 Å². The number of nitrogens with zero attached hydrogens (tertiary/aromatic N) is 1. The number of amides is 1. The summed E-state index contributed by atoms with van der Waals surface area (Å²) >= 11 is 0. The molecule has 0 radical (unpaired) electrons. The van der Waals surface area contributed by atoms with Gasteiger partial charge in [0.15, 0.2) is 0 Å². The minimum Gasteiger partial charge on any atom is -0.348 e. The van der Waals surface area contributed by atoms with Crippen LogP contribution in [0.2, 0.25) is 0 Å². The van der Waals surface area contributed by atoms with Gasteiger partial charge in [0, 0.05) is 0 Å². The third-order valence-corrected chi connectivity index (χ3v) is 6.01. The molecule has 2 aromatic rings. The van der Waals surface area contributed by atoms with Gasteiger partial charge in [0.2, 0.25) is 15.9 Å². The van der Waals surface area contributed by atoms with E-state index in [-0.39, 0.29) is 5.69 Å². The molecule has 2 rings (SSSR count). The molecule has 0 saturated carbocycles. The van der Waals surface area contributed by atoms with E-state index in [9.17, 15) is 26.4 Å². The number of halogens is 3. The summed E-state index contributed by atoms with van der Waals surface area (Å²) in [5.74, 6) is -0.620. The van der Waals surface area contributed by atoms with Gasteiger partial charge in [0.25, 0.3) is 0 Å². The molecule has 2 aromatic carbocycles. The number of nitrogens with one attached hydrogen (secondary N) is 1. The van der Waals surface area contributed by atoms with Crippen molar-refractivity contribution < 1.29 is 26.4 Å². The van der Waals surface area contributed by atoms with E-state index in [1.165, 1.54) is 13.0 Å². The molecule has 30 heavy (non-hydrogen) atoms. The number of alkyl halides is 3. The summed E-state index contributed by atoms with van der Waals surface area (Å²) < 4.78 is 64.6. The van der Waals surface area contributed by atoms with Crippen LogP contribution in [0.5, 0.6) is 0 Å². The monoisotopic (exact) mass is 442 g/mol. The lowest BCUT2D eigenvalue weighted by Crippen LogP contribution is -2.48. The van der Waals surface area contributed by atoms with Crippen LogP contribution in [0.1, 0.15) is 42.1 Å². The molecule has 164 valence electrons.